The second-order valence-electron chi connectivity index (χ2n) is 5.29. The highest BCUT2D eigenvalue weighted by Crippen LogP contribution is 2.27. The zero-order valence-corrected chi connectivity index (χ0v) is 14.6. The van der Waals surface area contributed by atoms with Crippen LogP contribution in [-0.4, -0.2) is 28.7 Å². The molecular formula is C17H20FNO4S. The Morgan fingerprint density at radius 1 is 1.12 bits per heavy atom. The lowest BCUT2D eigenvalue weighted by Crippen LogP contribution is -2.28. The van der Waals surface area contributed by atoms with Gasteiger partial charge in [-0.25, -0.2) is 17.5 Å². The van der Waals surface area contributed by atoms with Crippen molar-refractivity contribution in [3.8, 4) is 11.5 Å². The normalized spacial score (nSPS) is 11.3. The zero-order valence-electron chi connectivity index (χ0n) is 13.8. The first-order valence-corrected chi connectivity index (χ1v) is 8.85. The van der Waals surface area contributed by atoms with E-state index in [9.17, 15) is 12.8 Å². The Morgan fingerprint density at radius 3 is 2.50 bits per heavy atom. The molecule has 2 aromatic rings. The Labute approximate surface area is 141 Å². The molecule has 0 radical (unpaired) electrons. The molecule has 2 aromatic carbocycles. The van der Waals surface area contributed by atoms with Crippen LogP contribution < -0.4 is 14.2 Å². The van der Waals surface area contributed by atoms with Crippen molar-refractivity contribution < 1.29 is 22.3 Å². The fraction of sp³-hybridized carbons (Fsp3) is 0.294. The second kappa shape index (κ2) is 7.63. The van der Waals surface area contributed by atoms with Gasteiger partial charge in [-0.3, -0.25) is 0 Å². The Kier molecular flexibility index (Phi) is 5.80. The highest BCUT2D eigenvalue weighted by molar-refractivity contribution is 7.89. The van der Waals surface area contributed by atoms with Gasteiger partial charge in [0.25, 0.3) is 0 Å². The van der Waals surface area contributed by atoms with Crippen LogP contribution in [0.4, 0.5) is 4.39 Å². The lowest BCUT2D eigenvalue weighted by atomic mass is 10.1. The number of rotatable bonds is 7. The average Bonchev–Trinajstić information content (AvgIpc) is 2.53. The number of aryl methyl sites for hydroxylation is 2. The fourth-order valence-electron chi connectivity index (χ4n) is 2.11. The molecule has 1 N–H and O–H groups in total. The Morgan fingerprint density at radius 2 is 1.83 bits per heavy atom. The van der Waals surface area contributed by atoms with Gasteiger partial charge in [0, 0.05) is 12.6 Å². The predicted octanol–water partition coefficient (Wildman–Crippen LogP) is 2.81. The molecule has 0 aliphatic carbocycles. The van der Waals surface area contributed by atoms with Gasteiger partial charge in [0.2, 0.25) is 10.0 Å². The van der Waals surface area contributed by atoms with E-state index in [1.165, 1.54) is 25.3 Å². The molecule has 130 valence electrons. The molecule has 0 aliphatic rings. The predicted molar refractivity (Wildman–Crippen MR) is 89.6 cm³/mol. The van der Waals surface area contributed by atoms with Crippen LogP contribution >= 0.6 is 0 Å². The largest absolute Gasteiger partial charge is 0.495 e. The van der Waals surface area contributed by atoms with E-state index in [0.717, 1.165) is 11.1 Å². The van der Waals surface area contributed by atoms with Crippen molar-refractivity contribution in [3.05, 3.63) is 53.3 Å². The van der Waals surface area contributed by atoms with E-state index in [2.05, 4.69) is 4.72 Å². The van der Waals surface area contributed by atoms with E-state index >= 15 is 0 Å². The number of sulfonamides is 1. The van der Waals surface area contributed by atoms with Crippen molar-refractivity contribution in [1.29, 1.82) is 0 Å². The smallest absolute Gasteiger partial charge is 0.244 e. The summed E-state index contributed by atoms with van der Waals surface area (Å²) in [5.74, 6) is 0.225. The first-order valence-electron chi connectivity index (χ1n) is 7.37. The van der Waals surface area contributed by atoms with Gasteiger partial charge in [-0.2, -0.15) is 0 Å². The third-order valence-electron chi connectivity index (χ3n) is 3.53. The summed E-state index contributed by atoms with van der Waals surface area (Å²) in [6.07, 6.45) is 0. The molecule has 24 heavy (non-hydrogen) atoms. The number of halogens is 1. The number of ether oxygens (including phenoxy) is 2. The van der Waals surface area contributed by atoms with Gasteiger partial charge in [0.15, 0.2) is 0 Å². The molecule has 0 atom stereocenters. The minimum Gasteiger partial charge on any atom is -0.495 e. The topological polar surface area (TPSA) is 64.6 Å². The van der Waals surface area contributed by atoms with Crippen LogP contribution in [0.2, 0.25) is 0 Å². The van der Waals surface area contributed by atoms with Crippen molar-refractivity contribution in [1.82, 2.24) is 4.72 Å². The lowest BCUT2D eigenvalue weighted by Gasteiger charge is -2.13. The van der Waals surface area contributed by atoms with Gasteiger partial charge < -0.3 is 9.47 Å². The fourth-order valence-corrected chi connectivity index (χ4v) is 3.36. The summed E-state index contributed by atoms with van der Waals surface area (Å²) in [7, 11) is -2.31. The summed E-state index contributed by atoms with van der Waals surface area (Å²) < 4.78 is 50.8. The van der Waals surface area contributed by atoms with Crippen LogP contribution in [0.5, 0.6) is 11.5 Å². The molecular weight excluding hydrogens is 333 g/mol. The molecule has 5 nitrogen and oxygen atoms in total. The number of hydrogen-bond donors (Lipinski definition) is 1. The van der Waals surface area contributed by atoms with Crippen LogP contribution in [0.25, 0.3) is 0 Å². The maximum absolute atomic E-state index is 13.0. The van der Waals surface area contributed by atoms with Crippen molar-refractivity contribution in [2.45, 2.75) is 18.7 Å². The molecule has 0 heterocycles. The van der Waals surface area contributed by atoms with Crippen molar-refractivity contribution in [3.63, 3.8) is 0 Å². The van der Waals surface area contributed by atoms with Crippen molar-refractivity contribution in [2.24, 2.45) is 0 Å². The van der Waals surface area contributed by atoms with Crippen molar-refractivity contribution >= 4 is 10.0 Å². The van der Waals surface area contributed by atoms with E-state index in [4.69, 9.17) is 9.47 Å². The molecule has 0 bridgehead atoms. The van der Waals surface area contributed by atoms with Crippen LogP contribution in [0, 0.1) is 19.7 Å². The molecule has 0 saturated heterocycles. The first-order chi connectivity index (χ1) is 11.3. The van der Waals surface area contributed by atoms with Crippen LogP contribution in [0.1, 0.15) is 11.1 Å². The van der Waals surface area contributed by atoms with Gasteiger partial charge in [0.05, 0.1) is 7.11 Å². The van der Waals surface area contributed by atoms with Crippen LogP contribution in [0.3, 0.4) is 0 Å². The van der Waals surface area contributed by atoms with Gasteiger partial charge in [-0.05, 0) is 49.2 Å². The number of benzene rings is 2. The molecule has 0 unspecified atom stereocenters. The Hall–Kier alpha value is -2.12. The molecule has 7 heteroatoms. The molecule has 2 rings (SSSR count). The third kappa shape index (κ3) is 4.46. The monoisotopic (exact) mass is 353 g/mol. The van der Waals surface area contributed by atoms with Crippen molar-refractivity contribution in [2.75, 3.05) is 20.3 Å². The second-order valence-corrected chi connectivity index (χ2v) is 7.03. The quantitative estimate of drug-likeness (QED) is 0.778. The summed E-state index contributed by atoms with van der Waals surface area (Å²) in [4.78, 5) is 0.0823. The molecule has 0 saturated carbocycles. The third-order valence-corrected chi connectivity index (χ3v) is 5.01. The van der Waals surface area contributed by atoms with Gasteiger partial charge in [0.1, 0.15) is 28.8 Å². The van der Waals surface area contributed by atoms with E-state index in [1.807, 2.05) is 13.8 Å². The molecule has 0 amide bonds. The Balaban J connectivity index is 2.02. The van der Waals surface area contributed by atoms with Gasteiger partial charge >= 0.3 is 0 Å². The average molecular weight is 353 g/mol. The summed E-state index contributed by atoms with van der Waals surface area (Å²) in [6.45, 7) is 3.85. The molecule has 0 aliphatic heterocycles. The first kappa shape index (κ1) is 18.2. The molecule has 0 aromatic heterocycles. The SMILES string of the molecule is COc1cc(C)c(C)cc1S(=O)(=O)NCCOc1cccc(F)c1. The minimum absolute atomic E-state index is 0.0505. The molecule has 0 fully saturated rings. The molecule has 0 spiro atoms. The minimum atomic E-state index is -3.73. The van der Waals surface area contributed by atoms with Gasteiger partial charge in [-0.1, -0.05) is 6.07 Å². The van der Waals surface area contributed by atoms with E-state index in [0.29, 0.717) is 5.75 Å². The highest BCUT2D eigenvalue weighted by Gasteiger charge is 2.20. The number of hydrogen-bond acceptors (Lipinski definition) is 4. The van der Waals surface area contributed by atoms with Crippen LogP contribution in [-0.2, 0) is 10.0 Å². The number of nitrogens with one attached hydrogen (secondary N) is 1. The lowest BCUT2D eigenvalue weighted by molar-refractivity contribution is 0.321. The van der Waals surface area contributed by atoms with Gasteiger partial charge in [-0.15, -0.1) is 0 Å². The van der Waals surface area contributed by atoms with E-state index in [1.54, 1.807) is 18.2 Å². The standard InChI is InChI=1S/C17H20FNO4S/c1-12-9-16(22-3)17(10-13(12)2)24(20,21)19-7-8-23-15-6-4-5-14(18)11-15/h4-6,9-11,19H,7-8H2,1-3H3. The highest BCUT2D eigenvalue weighted by atomic mass is 32.2. The summed E-state index contributed by atoms with van der Waals surface area (Å²) in [5.41, 5.74) is 1.80. The number of methoxy groups -OCH3 is 1. The zero-order chi connectivity index (χ0) is 17.7. The maximum Gasteiger partial charge on any atom is 0.244 e. The van der Waals surface area contributed by atoms with E-state index < -0.39 is 15.8 Å². The summed E-state index contributed by atoms with van der Waals surface area (Å²) >= 11 is 0. The summed E-state index contributed by atoms with van der Waals surface area (Å²) in [5, 5.41) is 0. The Bertz CT molecular complexity index is 821. The van der Waals surface area contributed by atoms with E-state index in [-0.39, 0.29) is 23.8 Å². The summed E-state index contributed by atoms with van der Waals surface area (Å²) in [6, 6.07) is 8.93. The van der Waals surface area contributed by atoms with Crippen LogP contribution in [0.15, 0.2) is 41.3 Å². The maximum atomic E-state index is 13.0.